The van der Waals surface area contributed by atoms with Crippen molar-refractivity contribution < 1.29 is 9.59 Å². The minimum absolute atomic E-state index is 0.102. The van der Waals surface area contributed by atoms with Crippen molar-refractivity contribution in [2.24, 2.45) is 0 Å². The number of Topliss-reactive ketones (excluding diaryl/α,β-unsaturated/α-hetero) is 1. The van der Waals surface area contributed by atoms with Gasteiger partial charge in [0.15, 0.2) is 5.78 Å². The topological polar surface area (TPSA) is 76.0 Å². The molecule has 2 aliphatic rings. The molecule has 0 saturated carbocycles. The summed E-state index contributed by atoms with van der Waals surface area (Å²) in [6.07, 6.45) is 3.59. The van der Waals surface area contributed by atoms with Gasteiger partial charge >= 0.3 is 0 Å². The molecular formula is C24H21ClN4O2. The zero-order chi connectivity index (χ0) is 21.5. The molecule has 2 aromatic carbocycles. The van der Waals surface area contributed by atoms with E-state index in [1.165, 1.54) is 0 Å². The maximum atomic E-state index is 13.1. The second kappa shape index (κ2) is 7.71. The average Bonchev–Trinajstić information content (AvgIpc) is 3.16. The van der Waals surface area contributed by atoms with Gasteiger partial charge in [0.25, 0.3) is 5.91 Å². The van der Waals surface area contributed by atoms with Crippen LogP contribution in [0.2, 0.25) is 5.02 Å². The number of benzene rings is 2. The van der Waals surface area contributed by atoms with Crippen molar-refractivity contribution in [3.8, 4) is 0 Å². The van der Waals surface area contributed by atoms with E-state index in [4.69, 9.17) is 11.6 Å². The largest absolute Gasteiger partial charge is 0.343 e. The van der Waals surface area contributed by atoms with Crippen LogP contribution in [0.1, 0.15) is 46.8 Å². The Bertz CT molecular complexity index is 1240. The van der Waals surface area contributed by atoms with Gasteiger partial charge in [-0.05, 0) is 55.2 Å². The molecule has 5 rings (SSSR count). The number of anilines is 2. The first-order valence-corrected chi connectivity index (χ1v) is 10.6. The van der Waals surface area contributed by atoms with E-state index in [9.17, 15) is 9.59 Å². The molecule has 0 saturated heterocycles. The molecule has 1 aliphatic heterocycles. The average molecular weight is 433 g/mol. The Morgan fingerprint density at radius 3 is 2.84 bits per heavy atom. The fourth-order valence-electron chi connectivity index (χ4n) is 4.33. The summed E-state index contributed by atoms with van der Waals surface area (Å²) in [6.45, 7) is 1.97. The van der Waals surface area contributed by atoms with Crippen molar-refractivity contribution in [1.82, 2.24) is 9.78 Å². The lowest BCUT2D eigenvalue weighted by molar-refractivity contribution is -0.116. The number of halogens is 1. The number of aromatic nitrogens is 2. The number of carbonyl (C=O) groups excluding carboxylic acids is 2. The van der Waals surface area contributed by atoms with Crippen LogP contribution in [0.5, 0.6) is 0 Å². The highest BCUT2D eigenvalue weighted by Gasteiger charge is 2.37. The molecule has 0 unspecified atom stereocenters. The van der Waals surface area contributed by atoms with Crippen LogP contribution >= 0.6 is 11.6 Å². The Kier molecular flexibility index (Phi) is 4.87. The fourth-order valence-corrected chi connectivity index (χ4v) is 4.53. The van der Waals surface area contributed by atoms with Crippen molar-refractivity contribution in [2.45, 2.75) is 32.2 Å². The molecule has 0 bridgehead atoms. The van der Waals surface area contributed by atoms with Crippen molar-refractivity contribution in [2.75, 3.05) is 10.6 Å². The highest BCUT2D eigenvalue weighted by molar-refractivity contribution is 6.30. The Morgan fingerprint density at radius 1 is 1.19 bits per heavy atom. The highest BCUT2D eigenvalue weighted by atomic mass is 35.5. The van der Waals surface area contributed by atoms with Crippen LogP contribution in [0.15, 0.2) is 66.0 Å². The van der Waals surface area contributed by atoms with E-state index in [0.717, 1.165) is 35.4 Å². The summed E-state index contributed by atoms with van der Waals surface area (Å²) in [5, 5.41) is 11.4. The van der Waals surface area contributed by atoms with Crippen molar-refractivity contribution in [1.29, 1.82) is 0 Å². The minimum atomic E-state index is -0.418. The lowest BCUT2D eigenvalue weighted by Crippen LogP contribution is -2.32. The van der Waals surface area contributed by atoms with Crippen LogP contribution in [0, 0.1) is 6.92 Å². The quantitative estimate of drug-likeness (QED) is 0.602. The van der Waals surface area contributed by atoms with Crippen molar-refractivity contribution >= 4 is 34.8 Å². The zero-order valence-electron chi connectivity index (χ0n) is 17.0. The number of amides is 1. The van der Waals surface area contributed by atoms with Gasteiger partial charge in [-0.25, -0.2) is 4.68 Å². The van der Waals surface area contributed by atoms with Crippen molar-refractivity contribution in [3.05, 3.63) is 87.7 Å². The third-order valence-electron chi connectivity index (χ3n) is 5.72. The lowest BCUT2D eigenvalue weighted by atomic mass is 9.85. The van der Waals surface area contributed by atoms with Crippen LogP contribution < -0.4 is 10.6 Å². The molecule has 0 radical (unpaired) electrons. The first kappa shape index (κ1) is 19.6. The number of carbonyl (C=O) groups is 2. The summed E-state index contributed by atoms with van der Waals surface area (Å²) < 4.78 is 1.72. The number of aryl methyl sites for hydroxylation is 1. The molecule has 0 spiro atoms. The first-order chi connectivity index (χ1) is 15.0. The van der Waals surface area contributed by atoms with Gasteiger partial charge in [0.2, 0.25) is 0 Å². The number of nitrogens with zero attached hydrogens (tertiary/aromatic N) is 2. The monoisotopic (exact) mass is 432 g/mol. The molecule has 2 N–H and O–H groups in total. The number of ketones is 1. The SMILES string of the molecule is Cc1cccc(NC(=O)c2cnn3c2NC2=C(C(=O)CCC2)[C@H]3c2cccc(Cl)c2)c1. The summed E-state index contributed by atoms with van der Waals surface area (Å²) in [5.74, 6) is 0.435. The zero-order valence-corrected chi connectivity index (χ0v) is 17.7. The third-order valence-corrected chi connectivity index (χ3v) is 5.96. The second-order valence-corrected chi connectivity index (χ2v) is 8.36. The molecule has 31 heavy (non-hydrogen) atoms. The van der Waals surface area contributed by atoms with Gasteiger partial charge < -0.3 is 10.6 Å². The molecule has 0 fully saturated rings. The normalized spacial score (nSPS) is 17.6. The Balaban J connectivity index is 1.58. The van der Waals surface area contributed by atoms with E-state index in [0.29, 0.717) is 28.4 Å². The first-order valence-electron chi connectivity index (χ1n) is 10.3. The fraction of sp³-hybridized carbons (Fsp3) is 0.208. The van der Waals surface area contributed by atoms with Crippen LogP contribution in [-0.2, 0) is 4.79 Å². The maximum absolute atomic E-state index is 13.1. The summed E-state index contributed by atoms with van der Waals surface area (Å²) in [6, 6.07) is 14.7. The van der Waals surface area contributed by atoms with E-state index >= 15 is 0 Å². The number of rotatable bonds is 3. The van der Waals surface area contributed by atoms with E-state index in [1.54, 1.807) is 16.9 Å². The van der Waals surface area contributed by atoms with E-state index in [1.807, 2.05) is 49.4 Å². The predicted molar refractivity (Wildman–Crippen MR) is 120 cm³/mol. The minimum Gasteiger partial charge on any atom is -0.343 e. The number of allylic oxidation sites excluding steroid dienone is 2. The molecule has 1 amide bonds. The standard InChI is InChI=1S/C24H21ClN4O2/c1-14-5-2-8-17(11-14)27-24(31)18-13-26-29-22(15-6-3-7-16(25)12-15)21-19(28-23(18)29)9-4-10-20(21)30/h2-3,5-8,11-13,22,28H,4,9-10H2,1H3,(H,27,31)/t22-/m1/s1. The second-order valence-electron chi connectivity index (χ2n) is 7.93. The molecule has 6 nitrogen and oxygen atoms in total. The smallest absolute Gasteiger partial charge is 0.261 e. The predicted octanol–water partition coefficient (Wildman–Crippen LogP) is 5.12. The number of nitrogens with one attached hydrogen (secondary N) is 2. The molecule has 1 aromatic heterocycles. The lowest BCUT2D eigenvalue weighted by Gasteiger charge is -2.33. The van der Waals surface area contributed by atoms with Crippen LogP contribution in [0.3, 0.4) is 0 Å². The van der Waals surface area contributed by atoms with Gasteiger partial charge in [0.1, 0.15) is 17.4 Å². The van der Waals surface area contributed by atoms with Crippen molar-refractivity contribution in [3.63, 3.8) is 0 Å². The Morgan fingerprint density at radius 2 is 2.03 bits per heavy atom. The van der Waals surface area contributed by atoms with Gasteiger partial charge in [-0.1, -0.05) is 35.9 Å². The van der Waals surface area contributed by atoms with Crippen LogP contribution in [0.4, 0.5) is 11.5 Å². The van der Waals surface area contributed by atoms with Gasteiger partial charge in [-0.2, -0.15) is 5.10 Å². The van der Waals surface area contributed by atoms with E-state index < -0.39 is 6.04 Å². The molecule has 3 aromatic rings. The molecule has 156 valence electrons. The molecular weight excluding hydrogens is 412 g/mol. The number of hydrogen-bond acceptors (Lipinski definition) is 4. The Labute approximate surface area is 184 Å². The maximum Gasteiger partial charge on any atom is 0.261 e. The van der Waals surface area contributed by atoms with Gasteiger partial charge in [0, 0.05) is 28.4 Å². The Hall–Kier alpha value is -3.38. The van der Waals surface area contributed by atoms with Crippen LogP contribution in [0.25, 0.3) is 0 Å². The summed E-state index contributed by atoms with van der Waals surface area (Å²) in [5.41, 5.74) is 4.64. The summed E-state index contributed by atoms with van der Waals surface area (Å²) >= 11 is 6.25. The third kappa shape index (κ3) is 3.53. The van der Waals surface area contributed by atoms with Gasteiger partial charge in [-0.15, -0.1) is 0 Å². The molecule has 1 atom stereocenters. The van der Waals surface area contributed by atoms with Crippen LogP contribution in [-0.4, -0.2) is 21.5 Å². The number of hydrogen-bond donors (Lipinski definition) is 2. The molecule has 2 heterocycles. The summed E-state index contributed by atoms with van der Waals surface area (Å²) in [4.78, 5) is 25.9. The molecule has 1 aliphatic carbocycles. The number of fused-ring (bicyclic) bond motifs is 1. The molecule has 7 heteroatoms. The highest BCUT2D eigenvalue weighted by Crippen LogP contribution is 2.42. The van der Waals surface area contributed by atoms with E-state index in [-0.39, 0.29) is 11.7 Å². The van der Waals surface area contributed by atoms with Gasteiger partial charge in [-0.3, -0.25) is 9.59 Å². The van der Waals surface area contributed by atoms with E-state index in [2.05, 4.69) is 15.7 Å². The summed E-state index contributed by atoms with van der Waals surface area (Å²) in [7, 11) is 0. The van der Waals surface area contributed by atoms with Gasteiger partial charge in [0.05, 0.1) is 6.20 Å².